The van der Waals surface area contributed by atoms with E-state index in [2.05, 4.69) is 0 Å². The van der Waals surface area contributed by atoms with Crippen molar-refractivity contribution in [3.8, 4) is 0 Å². The molecule has 0 saturated heterocycles. The van der Waals surface area contributed by atoms with Gasteiger partial charge in [0.25, 0.3) is 0 Å². The van der Waals surface area contributed by atoms with Gasteiger partial charge in [-0.2, -0.15) is 0 Å². The van der Waals surface area contributed by atoms with Crippen molar-refractivity contribution in [2.45, 2.75) is 52.7 Å². The zero-order valence-electron chi connectivity index (χ0n) is 11.6. The largest absolute Gasteiger partial charge is 0.480 e. The van der Waals surface area contributed by atoms with Gasteiger partial charge in [-0.1, -0.05) is 0 Å². The second kappa shape index (κ2) is 6.59. The number of carboxylic acids is 1. The van der Waals surface area contributed by atoms with Crippen molar-refractivity contribution in [1.82, 2.24) is 9.80 Å². The first-order valence-electron chi connectivity index (χ1n) is 5.92. The summed E-state index contributed by atoms with van der Waals surface area (Å²) in [4.78, 5) is 26.2. The molecule has 0 aromatic heterocycles. The number of aliphatic carboxylic acids is 1. The van der Waals surface area contributed by atoms with Gasteiger partial charge in [-0.3, -0.25) is 14.5 Å². The van der Waals surface area contributed by atoms with E-state index in [-0.39, 0.29) is 24.5 Å². The third-order valence-corrected chi connectivity index (χ3v) is 2.80. The first-order valence-corrected chi connectivity index (χ1v) is 5.92. The van der Waals surface area contributed by atoms with Crippen LogP contribution in [0.4, 0.5) is 0 Å². The minimum Gasteiger partial charge on any atom is -0.480 e. The fourth-order valence-electron chi connectivity index (χ4n) is 1.79. The highest BCUT2D eigenvalue weighted by Gasteiger charge is 2.24. The maximum Gasteiger partial charge on any atom is 0.320 e. The number of carbonyl (C=O) groups is 2. The lowest BCUT2D eigenvalue weighted by molar-refractivity contribution is -0.144. The molecular formula is C12H24N2O3. The summed E-state index contributed by atoms with van der Waals surface area (Å²) in [6.45, 7) is 9.53. The predicted molar refractivity (Wildman–Crippen MR) is 66.8 cm³/mol. The SMILES string of the molecule is CC(C(=O)O)N(C)CC(=O)N(C(C)C)C(C)C. The lowest BCUT2D eigenvalue weighted by Gasteiger charge is -2.33. The summed E-state index contributed by atoms with van der Waals surface area (Å²) in [6, 6.07) is -0.410. The highest BCUT2D eigenvalue weighted by atomic mass is 16.4. The minimum atomic E-state index is -0.916. The molecule has 0 aliphatic carbocycles. The molecule has 0 aromatic rings. The molecular weight excluding hydrogens is 220 g/mol. The van der Waals surface area contributed by atoms with Crippen molar-refractivity contribution in [2.75, 3.05) is 13.6 Å². The third kappa shape index (κ3) is 4.73. The highest BCUT2D eigenvalue weighted by Crippen LogP contribution is 2.07. The van der Waals surface area contributed by atoms with Crippen LogP contribution in [0.1, 0.15) is 34.6 Å². The molecule has 0 radical (unpaired) electrons. The lowest BCUT2D eigenvalue weighted by Crippen LogP contribution is -2.49. The van der Waals surface area contributed by atoms with Gasteiger partial charge in [-0.15, -0.1) is 0 Å². The minimum absolute atomic E-state index is 0.0365. The standard InChI is InChI=1S/C12H24N2O3/c1-8(2)14(9(3)4)11(15)7-13(6)10(5)12(16)17/h8-10H,7H2,1-6H3,(H,16,17). The quantitative estimate of drug-likeness (QED) is 0.758. The summed E-state index contributed by atoms with van der Waals surface area (Å²) in [5.41, 5.74) is 0. The van der Waals surface area contributed by atoms with Gasteiger partial charge in [0.05, 0.1) is 6.54 Å². The Morgan fingerprint density at radius 1 is 1.06 bits per heavy atom. The number of hydrogen-bond acceptors (Lipinski definition) is 3. The lowest BCUT2D eigenvalue weighted by atomic mass is 10.2. The van der Waals surface area contributed by atoms with Gasteiger partial charge in [-0.05, 0) is 41.7 Å². The Hall–Kier alpha value is -1.10. The van der Waals surface area contributed by atoms with Crippen LogP contribution in [0.5, 0.6) is 0 Å². The Kier molecular flexibility index (Phi) is 6.16. The monoisotopic (exact) mass is 244 g/mol. The van der Waals surface area contributed by atoms with Crippen molar-refractivity contribution >= 4 is 11.9 Å². The zero-order valence-corrected chi connectivity index (χ0v) is 11.6. The first-order chi connectivity index (χ1) is 7.68. The molecule has 17 heavy (non-hydrogen) atoms. The Morgan fingerprint density at radius 3 is 1.76 bits per heavy atom. The van der Waals surface area contributed by atoms with Crippen molar-refractivity contribution in [3.05, 3.63) is 0 Å². The first kappa shape index (κ1) is 15.9. The number of hydrogen-bond donors (Lipinski definition) is 1. The molecule has 1 N–H and O–H groups in total. The Balaban J connectivity index is 4.56. The third-order valence-electron chi connectivity index (χ3n) is 2.80. The molecule has 0 fully saturated rings. The maximum atomic E-state index is 12.1. The van der Waals surface area contributed by atoms with Crippen LogP contribution in [0.3, 0.4) is 0 Å². The maximum absolute atomic E-state index is 12.1. The van der Waals surface area contributed by atoms with Crippen LogP contribution in [0.15, 0.2) is 0 Å². The molecule has 100 valence electrons. The van der Waals surface area contributed by atoms with Crippen LogP contribution in [0, 0.1) is 0 Å². The summed E-state index contributed by atoms with van der Waals surface area (Å²) in [7, 11) is 1.65. The van der Waals surface area contributed by atoms with Crippen LogP contribution >= 0.6 is 0 Å². The second-order valence-corrected chi connectivity index (χ2v) is 4.92. The van der Waals surface area contributed by atoms with Crippen molar-refractivity contribution in [2.24, 2.45) is 0 Å². The van der Waals surface area contributed by atoms with Crippen LogP contribution in [-0.4, -0.2) is 58.5 Å². The summed E-state index contributed by atoms with van der Waals surface area (Å²) in [5.74, 6) is -0.952. The highest BCUT2D eigenvalue weighted by molar-refractivity contribution is 5.80. The molecule has 1 amide bonds. The van der Waals surface area contributed by atoms with E-state index in [1.54, 1.807) is 23.8 Å². The fourth-order valence-corrected chi connectivity index (χ4v) is 1.79. The number of amides is 1. The van der Waals surface area contributed by atoms with Crippen LogP contribution in [0.25, 0.3) is 0 Å². The van der Waals surface area contributed by atoms with Gasteiger partial charge in [0.15, 0.2) is 0 Å². The van der Waals surface area contributed by atoms with Gasteiger partial charge in [0.1, 0.15) is 6.04 Å². The normalized spacial score (nSPS) is 13.2. The summed E-state index contributed by atoms with van der Waals surface area (Å²) >= 11 is 0. The van der Waals surface area contributed by atoms with Crippen molar-refractivity contribution in [3.63, 3.8) is 0 Å². The molecule has 0 rings (SSSR count). The van der Waals surface area contributed by atoms with E-state index in [4.69, 9.17) is 5.11 Å². The average molecular weight is 244 g/mol. The van der Waals surface area contributed by atoms with Crippen LogP contribution in [0.2, 0.25) is 0 Å². The molecule has 0 aliphatic rings. The second-order valence-electron chi connectivity index (χ2n) is 4.92. The summed E-state index contributed by atoms with van der Waals surface area (Å²) in [5, 5.41) is 8.86. The van der Waals surface area contributed by atoms with E-state index in [0.29, 0.717) is 0 Å². The Bertz CT molecular complexity index is 269. The van der Waals surface area contributed by atoms with Gasteiger partial charge in [0, 0.05) is 12.1 Å². The van der Waals surface area contributed by atoms with Crippen LogP contribution in [-0.2, 0) is 9.59 Å². The van der Waals surface area contributed by atoms with Crippen LogP contribution < -0.4 is 0 Å². The topological polar surface area (TPSA) is 60.9 Å². The molecule has 0 bridgehead atoms. The van der Waals surface area contributed by atoms with Gasteiger partial charge in [0.2, 0.25) is 5.91 Å². The number of nitrogens with zero attached hydrogens (tertiary/aromatic N) is 2. The molecule has 1 atom stereocenters. The molecule has 5 nitrogen and oxygen atoms in total. The molecule has 0 saturated carbocycles. The number of carbonyl (C=O) groups excluding carboxylic acids is 1. The zero-order chi connectivity index (χ0) is 13.7. The van der Waals surface area contributed by atoms with Gasteiger partial charge in [-0.25, -0.2) is 0 Å². The number of rotatable bonds is 6. The van der Waals surface area contributed by atoms with Crippen molar-refractivity contribution < 1.29 is 14.7 Å². The van der Waals surface area contributed by atoms with Crippen molar-refractivity contribution in [1.29, 1.82) is 0 Å². The molecule has 1 unspecified atom stereocenters. The molecule has 0 heterocycles. The van der Waals surface area contributed by atoms with E-state index in [0.717, 1.165) is 0 Å². The van der Waals surface area contributed by atoms with E-state index >= 15 is 0 Å². The van der Waals surface area contributed by atoms with E-state index in [9.17, 15) is 9.59 Å². The summed E-state index contributed by atoms with van der Waals surface area (Å²) in [6.07, 6.45) is 0. The molecule has 5 heteroatoms. The average Bonchev–Trinajstić information content (AvgIpc) is 2.14. The van der Waals surface area contributed by atoms with E-state index in [1.165, 1.54) is 0 Å². The summed E-state index contributed by atoms with van der Waals surface area (Å²) < 4.78 is 0. The molecule has 0 aromatic carbocycles. The Labute approximate surface area is 103 Å². The number of carboxylic acid groups (broad SMARTS) is 1. The smallest absolute Gasteiger partial charge is 0.320 e. The Morgan fingerprint density at radius 2 is 1.47 bits per heavy atom. The predicted octanol–water partition coefficient (Wildman–Crippen LogP) is 1.04. The molecule has 0 spiro atoms. The van der Waals surface area contributed by atoms with E-state index in [1.807, 2.05) is 27.7 Å². The van der Waals surface area contributed by atoms with Gasteiger partial charge < -0.3 is 10.0 Å². The van der Waals surface area contributed by atoms with E-state index < -0.39 is 12.0 Å². The fraction of sp³-hybridized carbons (Fsp3) is 0.833. The molecule has 0 aliphatic heterocycles. The van der Waals surface area contributed by atoms with Gasteiger partial charge >= 0.3 is 5.97 Å². The number of likely N-dealkylation sites (N-methyl/N-ethyl adjacent to an activating group) is 1.